The summed E-state index contributed by atoms with van der Waals surface area (Å²) >= 11 is 1.23. The van der Waals surface area contributed by atoms with E-state index in [-0.39, 0.29) is 10.8 Å². The molecule has 4 aromatic rings. The molecule has 0 spiro atoms. The molecule has 0 aliphatic heterocycles. The van der Waals surface area contributed by atoms with Crippen LogP contribution >= 0.6 is 11.3 Å². The zero-order valence-corrected chi connectivity index (χ0v) is 17.5. The van der Waals surface area contributed by atoms with Gasteiger partial charge in [0.15, 0.2) is 5.82 Å². The maximum atomic E-state index is 11.5. The highest BCUT2D eigenvalue weighted by Gasteiger charge is 2.15. The molecule has 1 unspecified atom stereocenters. The van der Waals surface area contributed by atoms with Gasteiger partial charge in [-0.05, 0) is 62.1 Å². The minimum atomic E-state index is -0.675. The van der Waals surface area contributed by atoms with Crippen LogP contribution in [0.3, 0.4) is 0 Å². The van der Waals surface area contributed by atoms with Gasteiger partial charge in [0.1, 0.15) is 0 Å². The lowest BCUT2D eigenvalue weighted by Crippen LogP contribution is -2.19. The lowest BCUT2D eigenvalue weighted by atomic mass is 9.98. The summed E-state index contributed by atoms with van der Waals surface area (Å²) < 4.78 is 2.74. The fraction of sp³-hybridized carbons (Fsp3) is 0.318. The molecule has 0 saturated heterocycles. The van der Waals surface area contributed by atoms with E-state index in [1.54, 1.807) is 4.68 Å². The molecule has 1 atom stereocenters. The van der Waals surface area contributed by atoms with E-state index in [0.717, 1.165) is 39.3 Å². The quantitative estimate of drug-likeness (QED) is 0.505. The number of nitrogens with one attached hydrogen (secondary N) is 1. The number of hydrogen-bond donors (Lipinski definition) is 2. The molecule has 0 saturated carbocycles. The second-order valence-electron chi connectivity index (χ2n) is 8.01. The van der Waals surface area contributed by atoms with E-state index in [0.29, 0.717) is 6.42 Å². The Kier molecular flexibility index (Phi) is 5.10. The zero-order chi connectivity index (χ0) is 20.6. The molecule has 0 amide bonds. The summed E-state index contributed by atoms with van der Waals surface area (Å²) in [5, 5.41) is 14.6. The number of benzene rings is 1. The van der Waals surface area contributed by atoms with Crippen LogP contribution in [0.2, 0.25) is 0 Å². The molecule has 7 heteroatoms. The molecular weight excluding hydrogens is 384 g/mol. The highest BCUT2D eigenvalue weighted by molar-refractivity contribution is 7.16. The number of fused-ring (bicyclic) bond motifs is 1. The van der Waals surface area contributed by atoms with Crippen molar-refractivity contribution in [2.24, 2.45) is 0 Å². The van der Waals surface area contributed by atoms with Crippen LogP contribution in [0.25, 0.3) is 16.0 Å². The number of thiazole rings is 1. The minimum Gasteiger partial charge on any atom is -0.390 e. The number of aryl methyl sites for hydroxylation is 1. The van der Waals surface area contributed by atoms with Crippen molar-refractivity contribution in [3.05, 3.63) is 75.3 Å². The first-order chi connectivity index (χ1) is 13.8. The maximum absolute atomic E-state index is 11.5. The summed E-state index contributed by atoms with van der Waals surface area (Å²) in [4.78, 5) is 18.9. The molecule has 0 radical (unpaired) electrons. The van der Waals surface area contributed by atoms with Crippen LogP contribution in [-0.2, 0) is 6.42 Å². The van der Waals surface area contributed by atoms with Gasteiger partial charge in [-0.15, -0.1) is 0 Å². The minimum absolute atomic E-state index is 0.0360. The van der Waals surface area contributed by atoms with Crippen LogP contribution in [0.5, 0.6) is 0 Å². The smallest absolute Gasteiger partial charge is 0.305 e. The number of aliphatic hydroxyl groups is 1. The van der Waals surface area contributed by atoms with E-state index in [9.17, 15) is 9.90 Å². The molecule has 150 valence electrons. The van der Waals surface area contributed by atoms with Gasteiger partial charge in [0.2, 0.25) is 0 Å². The monoisotopic (exact) mass is 408 g/mol. The van der Waals surface area contributed by atoms with Crippen LogP contribution in [0.4, 0.5) is 0 Å². The number of aromatic amines is 1. The van der Waals surface area contributed by atoms with Crippen molar-refractivity contribution in [1.82, 2.24) is 19.7 Å². The zero-order valence-electron chi connectivity index (χ0n) is 16.7. The maximum Gasteiger partial charge on any atom is 0.305 e. The summed E-state index contributed by atoms with van der Waals surface area (Å²) in [6.07, 6.45) is 5.23. The molecule has 3 heterocycles. The summed E-state index contributed by atoms with van der Waals surface area (Å²) in [6.45, 7) is 5.74. The van der Waals surface area contributed by atoms with Crippen molar-refractivity contribution in [2.75, 3.05) is 0 Å². The van der Waals surface area contributed by atoms with Crippen LogP contribution in [0, 0.1) is 0 Å². The summed E-state index contributed by atoms with van der Waals surface area (Å²) in [5.41, 5.74) is 3.35. The Morgan fingerprint density at radius 3 is 2.79 bits per heavy atom. The van der Waals surface area contributed by atoms with Gasteiger partial charge in [-0.25, -0.2) is 9.67 Å². The second kappa shape index (κ2) is 7.57. The molecule has 0 aliphatic carbocycles. The first-order valence-electron chi connectivity index (χ1n) is 9.64. The standard InChI is InChI=1S/C22H24N4O2S/c1-14(16-5-6-18-19(12-16)29-21(27)24-18)17-9-11-26(25-17)20-7-4-15(13-23-20)8-10-22(2,3)28/h4-7,9,11-14,28H,8,10H2,1-3H3,(H,24,27). The van der Waals surface area contributed by atoms with Crippen molar-refractivity contribution >= 4 is 21.6 Å². The molecule has 2 N–H and O–H groups in total. The number of aromatic nitrogens is 4. The molecule has 0 fully saturated rings. The summed E-state index contributed by atoms with van der Waals surface area (Å²) in [6, 6.07) is 12.0. The molecule has 0 bridgehead atoms. The van der Waals surface area contributed by atoms with Gasteiger partial charge in [0.05, 0.1) is 21.5 Å². The Hall–Kier alpha value is -2.77. The number of hydrogen-bond acceptors (Lipinski definition) is 5. The first-order valence-corrected chi connectivity index (χ1v) is 10.5. The van der Waals surface area contributed by atoms with Crippen LogP contribution < -0.4 is 4.87 Å². The Morgan fingerprint density at radius 2 is 2.07 bits per heavy atom. The van der Waals surface area contributed by atoms with Crippen molar-refractivity contribution in [3.8, 4) is 5.82 Å². The molecule has 6 nitrogen and oxygen atoms in total. The number of H-pyrrole nitrogens is 1. The van der Waals surface area contributed by atoms with Gasteiger partial charge < -0.3 is 10.1 Å². The second-order valence-corrected chi connectivity index (χ2v) is 9.03. The third kappa shape index (κ3) is 4.46. The Balaban J connectivity index is 1.51. The predicted molar refractivity (Wildman–Crippen MR) is 116 cm³/mol. The number of nitrogens with zero attached hydrogens (tertiary/aromatic N) is 3. The Morgan fingerprint density at radius 1 is 1.24 bits per heavy atom. The summed E-state index contributed by atoms with van der Waals surface area (Å²) in [5.74, 6) is 0.860. The van der Waals surface area contributed by atoms with E-state index >= 15 is 0 Å². The van der Waals surface area contributed by atoms with Gasteiger partial charge in [0, 0.05) is 18.3 Å². The van der Waals surface area contributed by atoms with Crippen LogP contribution in [0.15, 0.2) is 53.6 Å². The third-order valence-corrected chi connectivity index (χ3v) is 5.91. The van der Waals surface area contributed by atoms with E-state index in [1.165, 1.54) is 11.3 Å². The van der Waals surface area contributed by atoms with Crippen molar-refractivity contribution in [1.29, 1.82) is 0 Å². The lowest BCUT2D eigenvalue weighted by Gasteiger charge is -2.16. The predicted octanol–water partition coefficient (Wildman–Crippen LogP) is 4.03. The SMILES string of the molecule is CC(c1ccc2[nH]c(=O)sc2c1)c1ccn(-c2ccc(CCC(C)(C)O)cn2)n1. The van der Waals surface area contributed by atoms with Crippen molar-refractivity contribution in [2.45, 2.75) is 45.1 Å². The summed E-state index contributed by atoms with van der Waals surface area (Å²) in [7, 11) is 0. The molecule has 1 aromatic carbocycles. The van der Waals surface area contributed by atoms with Crippen LogP contribution in [0.1, 0.15) is 49.9 Å². The fourth-order valence-corrected chi connectivity index (χ4v) is 4.03. The average molecular weight is 409 g/mol. The van der Waals surface area contributed by atoms with E-state index < -0.39 is 5.60 Å². The normalized spacial score (nSPS) is 13.1. The van der Waals surface area contributed by atoms with Gasteiger partial charge >= 0.3 is 4.87 Å². The topological polar surface area (TPSA) is 83.8 Å². The van der Waals surface area contributed by atoms with Gasteiger partial charge in [-0.1, -0.05) is 30.4 Å². The fourth-order valence-electron chi connectivity index (χ4n) is 3.25. The lowest BCUT2D eigenvalue weighted by molar-refractivity contribution is 0.0714. The van der Waals surface area contributed by atoms with Crippen molar-refractivity contribution < 1.29 is 5.11 Å². The van der Waals surface area contributed by atoms with Crippen LogP contribution in [-0.4, -0.2) is 30.5 Å². The molecule has 0 aliphatic rings. The Bertz CT molecular complexity index is 1180. The van der Waals surface area contributed by atoms with Gasteiger partial charge in [-0.2, -0.15) is 5.10 Å². The van der Waals surface area contributed by atoms with Crippen molar-refractivity contribution in [3.63, 3.8) is 0 Å². The molecule has 4 rings (SSSR count). The van der Waals surface area contributed by atoms with E-state index in [1.807, 2.05) is 56.6 Å². The number of rotatable bonds is 6. The Labute approximate surface area is 172 Å². The highest BCUT2D eigenvalue weighted by atomic mass is 32.1. The third-order valence-electron chi connectivity index (χ3n) is 5.07. The molecule has 29 heavy (non-hydrogen) atoms. The van der Waals surface area contributed by atoms with E-state index in [2.05, 4.69) is 23.0 Å². The molecule has 3 aromatic heterocycles. The number of pyridine rings is 1. The molecular formula is C22H24N4O2S. The van der Waals surface area contributed by atoms with Gasteiger partial charge in [0.25, 0.3) is 0 Å². The first kappa shape index (κ1) is 19.5. The largest absolute Gasteiger partial charge is 0.390 e. The van der Waals surface area contributed by atoms with Gasteiger partial charge in [-0.3, -0.25) is 4.79 Å². The highest BCUT2D eigenvalue weighted by Crippen LogP contribution is 2.27. The average Bonchev–Trinajstić information content (AvgIpc) is 3.31. The van der Waals surface area contributed by atoms with E-state index in [4.69, 9.17) is 5.10 Å².